The maximum Gasteiger partial charge on any atom is 0.313 e. The number of hydrogen-bond donors (Lipinski definition) is 1. The highest BCUT2D eigenvalue weighted by Crippen LogP contribution is 2.43. The number of nitro groups is 1. The highest BCUT2D eigenvalue weighted by molar-refractivity contribution is 8.00. The van der Waals surface area contributed by atoms with E-state index in [2.05, 4.69) is 5.32 Å². The molecule has 1 saturated carbocycles. The fraction of sp³-hybridized carbons (Fsp3) is 0.538. The first-order chi connectivity index (χ1) is 9.51. The molecular formula is C13H17FN2O3S. The number of anilines is 1. The Morgan fingerprint density at radius 1 is 1.55 bits per heavy atom. The van der Waals surface area contributed by atoms with Crippen LogP contribution in [0.5, 0.6) is 5.75 Å². The third kappa shape index (κ3) is 2.82. The van der Waals surface area contributed by atoms with Crippen molar-refractivity contribution < 1.29 is 14.1 Å². The lowest BCUT2D eigenvalue weighted by molar-refractivity contribution is -0.385. The van der Waals surface area contributed by atoms with E-state index >= 15 is 0 Å². The lowest BCUT2D eigenvalue weighted by Crippen LogP contribution is -2.40. The summed E-state index contributed by atoms with van der Waals surface area (Å²) in [7, 11) is 1.33. The molecule has 5 nitrogen and oxygen atoms in total. The summed E-state index contributed by atoms with van der Waals surface area (Å²) in [6, 6.07) is 2.24. The molecule has 0 atom stereocenters. The molecule has 1 aliphatic carbocycles. The Labute approximate surface area is 121 Å². The third-order valence-corrected chi connectivity index (χ3v) is 5.18. The van der Waals surface area contributed by atoms with E-state index in [9.17, 15) is 14.5 Å². The van der Waals surface area contributed by atoms with E-state index in [0.29, 0.717) is 6.54 Å². The summed E-state index contributed by atoms with van der Waals surface area (Å²) >= 11 is 1.78. The fourth-order valence-corrected chi connectivity index (χ4v) is 3.18. The molecule has 1 aliphatic rings. The van der Waals surface area contributed by atoms with Gasteiger partial charge < -0.3 is 10.1 Å². The first-order valence-corrected chi connectivity index (χ1v) is 7.55. The number of rotatable bonds is 6. The van der Waals surface area contributed by atoms with Crippen molar-refractivity contribution in [1.82, 2.24) is 0 Å². The molecule has 20 heavy (non-hydrogen) atoms. The second kappa shape index (κ2) is 5.87. The molecule has 1 aromatic rings. The average Bonchev–Trinajstić information content (AvgIpc) is 2.39. The van der Waals surface area contributed by atoms with Crippen LogP contribution in [0.2, 0.25) is 0 Å². The van der Waals surface area contributed by atoms with Crippen LogP contribution in [-0.2, 0) is 0 Å². The van der Waals surface area contributed by atoms with Crippen molar-refractivity contribution >= 4 is 23.1 Å². The number of nitrogens with one attached hydrogen (secondary N) is 1. The van der Waals surface area contributed by atoms with Gasteiger partial charge in [0.25, 0.3) is 0 Å². The molecule has 0 aromatic heterocycles. The summed E-state index contributed by atoms with van der Waals surface area (Å²) in [4.78, 5) is 10.1. The number of halogens is 1. The number of ether oxygens (including phenoxy) is 1. The van der Waals surface area contributed by atoms with E-state index in [4.69, 9.17) is 4.74 Å². The lowest BCUT2D eigenvalue weighted by atomic mass is 9.84. The molecule has 0 aliphatic heterocycles. The summed E-state index contributed by atoms with van der Waals surface area (Å²) < 4.78 is 19.0. The van der Waals surface area contributed by atoms with Gasteiger partial charge in [0.1, 0.15) is 0 Å². The molecule has 0 radical (unpaired) electrons. The molecule has 0 saturated heterocycles. The minimum Gasteiger partial charge on any atom is -0.490 e. The second-order valence-corrected chi connectivity index (χ2v) is 6.13. The third-order valence-electron chi connectivity index (χ3n) is 3.76. The maximum absolute atomic E-state index is 13.9. The maximum atomic E-state index is 13.9. The molecule has 0 bridgehead atoms. The number of methoxy groups -OCH3 is 1. The van der Waals surface area contributed by atoms with Gasteiger partial charge in [-0.05, 0) is 19.1 Å². The SMILES string of the molecule is COc1cc(NCC2(SC)CCC2)c(F)cc1[N+](=O)[O-]. The lowest BCUT2D eigenvalue weighted by Gasteiger charge is -2.40. The van der Waals surface area contributed by atoms with Gasteiger partial charge in [0.15, 0.2) is 11.6 Å². The monoisotopic (exact) mass is 300 g/mol. The van der Waals surface area contributed by atoms with Crippen LogP contribution in [0.3, 0.4) is 0 Å². The normalized spacial score (nSPS) is 16.4. The smallest absolute Gasteiger partial charge is 0.313 e. The van der Waals surface area contributed by atoms with Crippen molar-refractivity contribution in [2.24, 2.45) is 0 Å². The molecule has 0 amide bonds. The summed E-state index contributed by atoms with van der Waals surface area (Å²) in [6.07, 6.45) is 5.45. The van der Waals surface area contributed by atoms with Crippen LogP contribution in [0.4, 0.5) is 15.8 Å². The zero-order valence-electron chi connectivity index (χ0n) is 11.4. The van der Waals surface area contributed by atoms with Crippen molar-refractivity contribution in [3.05, 3.63) is 28.1 Å². The van der Waals surface area contributed by atoms with E-state index < -0.39 is 10.7 Å². The summed E-state index contributed by atoms with van der Waals surface area (Å²) in [5.41, 5.74) is -0.119. The van der Waals surface area contributed by atoms with E-state index in [1.807, 2.05) is 6.26 Å². The molecule has 2 rings (SSSR count). The van der Waals surface area contributed by atoms with E-state index in [1.54, 1.807) is 11.8 Å². The van der Waals surface area contributed by atoms with Gasteiger partial charge in [0.2, 0.25) is 0 Å². The Bertz CT molecular complexity index is 515. The molecule has 1 N–H and O–H groups in total. The van der Waals surface area contributed by atoms with Gasteiger partial charge in [-0.1, -0.05) is 6.42 Å². The van der Waals surface area contributed by atoms with Crippen LogP contribution in [0.25, 0.3) is 0 Å². The van der Waals surface area contributed by atoms with Gasteiger partial charge in [-0.25, -0.2) is 4.39 Å². The molecule has 0 spiro atoms. The first-order valence-electron chi connectivity index (χ1n) is 6.32. The van der Waals surface area contributed by atoms with Crippen LogP contribution >= 0.6 is 11.8 Å². The van der Waals surface area contributed by atoms with E-state index in [0.717, 1.165) is 18.9 Å². The predicted octanol–water partition coefficient (Wildman–Crippen LogP) is 3.44. The standard InChI is InChI=1S/C13H17FN2O3S/c1-19-12-7-10(9(14)6-11(12)16(17)18)15-8-13(20-2)4-3-5-13/h6-7,15H,3-5,8H2,1-2H3. The molecule has 0 unspecified atom stereocenters. The van der Waals surface area contributed by atoms with E-state index in [1.165, 1.54) is 19.6 Å². The van der Waals surface area contributed by atoms with Crippen LogP contribution in [0.1, 0.15) is 19.3 Å². The zero-order valence-corrected chi connectivity index (χ0v) is 12.3. The number of nitrogens with zero attached hydrogens (tertiary/aromatic N) is 1. The largest absolute Gasteiger partial charge is 0.490 e. The molecule has 0 heterocycles. The zero-order chi connectivity index (χ0) is 14.8. The quantitative estimate of drug-likeness (QED) is 0.644. The topological polar surface area (TPSA) is 64.4 Å². The van der Waals surface area contributed by atoms with Gasteiger partial charge in [0, 0.05) is 17.4 Å². The minimum absolute atomic E-state index is 0.0608. The number of thioether (sulfide) groups is 1. The summed E-state index contributed by atoms with van der Waals surface area (Å²) in [5.74, 6) is -0.571. The molecule has 1 aromatic carbocycles. The van der Waals surface area contributed by atoms with Crippen molar-refractivity contribution in [2.45, 2.75) is 24.0 Å². The van der Waals surface area contributed by atoms with Gasteiger partial charge >= 0.3 is 5.69 Å². The predicted molar refractivity (Wildman–Crippen MR) is 78.2 cm³/mol. The Morgan fingerprint density at radius 2 is 2.25 bits per heavy atom. The molecule has 7 heteroatoms. The summed E-state index contributed by atoms with van der Waals surface area (Å²) in [6.45, 7) is 0.645. The average molecular weight is 300 g/mol. The van der Waals surface area contributed by atoms with Crippen molar-refractivity contribution in [2.75, 3.05) is 25.2 Å². The van der Waals surface area contributed by atoms with Gasteiger partial charge in [-0.3, -0.25) is 10.1 Å². The van der Waals surface area contributed by atoms with Crippen LogP contribution < -0.4 is 10.1 Å². The minimum atomic E-state index is -0.652. The first kappa shape index (κ1) is 14.9. The van der Waals surface area contributed by atoms with Crippen LogP contribution in [0, 0.1) is 15.9 Å². The Morgan fingerprint density at radius 3 is 2.70 bits per heavy atom. The fourth-order valence-electron chi connectivity index (χ4n) is 2.27. The summed E-state index contributed by atoms with van der Waals surface area (Å²) in [5, 5.41) is 13.8. The number of hydrogen-bond acceptors (Lipinski definition) is 5. The van der Waals surface area contributed by atoms with E-state index in [-0.39, 0.29) is 21.9 Å². The highest BCUT2D eigenvalue weighted by atomic mass is 32.2. The Balaban J connectivity index is 2.17. The Kier molecular flexibility index (Phi) is 4.37. The van der Waals surface area contributed by atoms with Gasteiger partial charge in [-0.15, -0.1) is 0 Å². The van der Waals surface area contributed by atoms with Gasteiger partial charge in [-0.2, -0.15) is 11.8 Å². The highest BCUT2D eigenvalue weighted by Gasteiger charge is 2.36. The molecular weight excluding hydrogens is 283 g/mol. The second-order valence-electron chi connectivity index (χ2n) is 4.86. The Hall–Kier alpha value is -1.50. The molecule has 110 valence electrons. The van der Waals surface area contributed by atoms with Crippen molar-refractivity contribution in [3.8, 4) is 5.75 Å². The number of nitro benzene ring substituents is 1. The van der Waals surface area contributed by atoms with Crippen LogP contribution in [0.15, 0.2) is 12.1 Å². The van der Waals surface area contributed by atoms with Crippen LogP contribution in [-0.4, -0.2) is 29.6 Å². The number of benzene rings is 1. The van der Waals surface area contributed by atoms with Crippen molar-refractivity contribution in [3.63, 3.8) is 0 Å². The van der Waals surface area contributed by atoms with Crippen molar-refractivity contribution in [1.29, 1.82) is 0 Å². The van der Waals surface area contributed by atoms with Gasteiger partial charge in [0.05, 0.1) is 23.8 Å². The molecule has 1 fully saturated rings.